The van der Waals surface area contributed by atoms with Gasteiger partial charge >= 0.3 is 0 Å². The molecule has 7 heteroatoms. The molecule has 4 nitrogen and oxygen atoms in total. The predicted octanol–water partition coefficient (Wildman–Crippen LogP) is 5.28. The number of aromatic nitrogens is 1. The van der Waals surface area contributed by atoms with Crippen molar-refractivity contribution >= 4 is 46.3 Å². The topological polar surface area (TPSA) is 73.3 Å². The number of ketones is 1. The molecule has 1 aromatic heterocycles. The lowest BCUT2D eigenvalue weighted by atomic mass is 9.82. The molecule has 0 aliphatic heterocycles. The number of allylic oxidation sites excluding steroid dienone is 1. The summed E-state index contributed by atoms with van der Waals surface area (Å²) in [6, 6.07) is 1.39. The molecule has 0 saturated heterocycles. The van der Waals surface area contributed by atoms with Crippen LogP contribution in [0.4, 0.5) is 0 Å². The first kappa shape index (κ1) is 20.4. The number of hydrogen-bond donors (Lipinski definition) is 3. The van der Waals surface area contributed by atoms with Gasteiger partial charge in [0.15, 0.2) is 5.78 Å². The highest BCUT2D eigenvalue weighted by atomic mass is 35.5. The molecule has 25 heavy (non-hydrogen) atoms. The Hall–Kier alpha value is -0.940. The predicted molar refractivity (Wildman–Crippen MR) is 102 cm³/mol. The first-order valence-electron chi connectivity index (χ1n) is 8.27. The van der Waals surface area contributed by atoms with Crippen LogP contribution in [0.15, 0.2) is 23.8 Å². The molecule has 3 unspecified atom stereocenters. The maximum atomic E-state index is 12.2. The van der Waals surface area contributed by atoms with Crippen molar-refractivity contribution in [2.45, 2.75) is 50.5 Å². The van der Waals surface area contributed by atoms with Gasteiger partial charge in [-0.1, -0.05) is 62.4 Å². The lowest BCUT2D eigenvalue weighted by Gasteiger charge is -2.33. The molecular formula is C18H22Cl3NO3. The fourth-order valence-electron chi connectivity index (χ4n) is 2.84. The molecule has 1 aliphatic rings. The highest BCUT2D eigenvalue weighted by Gasteiger charge is 2.42. The van der Waals surface area contributed by atoms with Gasteiger partial charge in [0.2, 0.25) is 0 Å². The van der Waals surface area contributed by atoms with E-state index in [-0.39, 0.29) is 21.4 Å². The van der Waals surface area contributed by atoms with Crippen molar-refractivity contribution in [3.8, 4) is 0 Å². The molecule has 138 valence electrons. The van der Waals surface area contributed by atoms with Gasteiger partial charge in [0.05, 0.1) is 21.2 Å². The molecule has 0 bridgehead atoms. The third-order valence-electron chi connectivity index (χ3n) is 4.69. The summed E-state index contributed by atoms with van der Waals surface area (Å²) in [5.41, 5.74) is 0.00180. The molecule has 0 aromatic carbocycles. The van der Waals surface area contributed by atoms with E-state index in [1.54, 1.807) is 0 Å². The second kappa shape index (κ2) is 8.17. The van der Waals surface area contributed by atoms with Gasteiger partial charge < -0.3 is 15.2 Å². The largest absolute Gasteiger partial charge is 0.505 e. The number of aromatic amines is 1. The molecule has 1 heterocycles. The van der Waals surface area contributed by atoms with Gasteiger partial charge in [0.1, 0.15) is 17.0 Å². The smallest absolute Gasteiger partial charge is 0.188 e. The SMILES string of the molecule is CCC(C)CCCC1(Cl)C=CC(=O)C(=C(O)c2cc(Cl)c(Cl)[nH]2)C1O. The van der Waals surface area contributed by atoms with Crippen molar-refractivity contribution in [3.05, 3.63) is 39.7 Å². The summed E-state index contributed by atoms with van der Waals surface area (Å²) in [6.45, 7) is 4.29. The number of carbonyl (C=O) groups is 1. The van der Waals surface area contributed by atoms with Crippen LogP contribution in [0, 0.1) is 5.92 Å². The molecule has 0 radical (unpaired) electrons. The average molecular weight is 407 g/mol. The molecule has 0 fully saturated rings. The monoisotopic (exact) mass is 405 g/mol. The van der Waals surface area contributed by atoms with E-state index >= 15 is 0 Å². The fraction of sp³-hybridized carbons (Fsp3) is 0.500. The Bertz CT molecular complexity index is 691. The molecule has 2 rings (SSSR count). The fourth-order valence-corrected chi connectivity index (χ4v) is 3.46. The lowest BCUT2D eigenvalue weighted by Crippen LogP contribution is -2.42. The van der Waals surface area contributed by atoms with Crippen molar-refractivity contribution in [2.24, 2.45) is 5.92 Å². The molecular weight excluding hydrogens is 385 g/mol. The zero-order chi connectivity index (χ0) is 18.8. The quantitative estimate of drug-likeness (QED) is 0.341. The van der Waals surface area contributed by atoms with Crippen LogP contribution in [0.3, 0.4) is 0 Å². The third-order valence-corrected chi connectivity index (χ3v) is 5.91. The van der Waals surface area contributed by atoms with Gasteiger partial charge in [-0.25, -0.2) is 0 Å². The van der Waals surface area contributed by atoms with E-state index < -0.39 is 22.5 Å². The second-order valence-electron chi connectivity index (χ2n) is 6.54. The van der Waals surface area contributed by atoms with Crippen LogP contribution in [0.5, 0.6) is 0 Å². The number of rotatable bonds is 6. The summed E-state index contributed by atoms with van der Waals surface area (Å²) in [7, 11) is 0. The summed E-state index contributed by atoms with van der Waals surface area (Å²) in [6.07, 6.45) is 4.84. The molecule has 1 aromatic rings. The Morgan fingerprint density at radius 2 is 2.12 bits per heavy atom. The highest BCUT2D eigenvalue weighted by Crippen LogP contribution is 2.39. The van der Waals surface area contributed by atoms with E-state index in [0.29, 0.717) is 12.3 Å². The second-order valence-corrected chi connectivity index (χ2v) is 8.03. The van der Waals surface area contributed by atoms with Crippen molar-refractivity contribution in [2.75, 3.05) is 0 Å². The number of alkyl halides is 1. The zero-order valence-electron chi connectivity index (χ0n) is 14.2. The van der Waals surface area contributed by atoms with Crippen LogP contribution < -0.4 is 0 Å². The maximum Gasteiger partial charge on any atom is 0.188 e. The first-order valence-corrected chi connectivity index (χ1v) is 9.41. The molecule has 0 saturated carbocycles. The van der Waals surface area contributed by atoms with E-state index in [1.165, 1.54) is 18.2 Å². The van der Waals surface area contributed by atoms with Gasteiger partial charge in [-0.3, -0.25) is 4.79 Å². The van der Waals surface area contributed by atoms with Crippen LogP contribution in [-0.2, 0) is 4.79 Å². The zero-order valence-corrected chi connectivity index (χ0v) is 16.4. The van der Waals surface area contributed by atoms with Crippen molar-refractivity contribution in [3.63, 3.8) is 0 Å². The Kier molecular flexibility index (Phi) is 6.66. The van der Waals surface area contributed by atoms with Crippen LogP contribution >= 0.6 is 34.8 Å². The van der Waals surface area contributed by atoms with Crippen LogP contribution in [-0.4, -0.2) is 32.0 Å². The summed E-state index contributed by atoms with van der Waals surface area (Å²) < 4.78 is 0. The normalized spacial score (nSPS) is 26.8. The van der Waals surface area contributed by atoms with E-state index in [1.807, 2.05) is 0 Å². The maximum absolute atomic E-state index is 12.2. The molecule has 3 N–H and O–H groups in total. The highest BCUT2D eigenvalue weighted by molar-refractivity contribution is 6.41. The number of aliphatic hydroxyl groups excluding tert-OH is 2. The van der Waals surface area contributed by atoms with Crippen LogP contribution in [0.2, 0.25) is 10.2 Å². The Balaban J connectivity index is 2.29. The van der Waals surface area contributed by atoms with E-state index in [4.69, 9.17) is 34.8 Å². The minimum absolute atomic E-state index is 0.141. The summed E-state index contributed by atoms with van der Waals surface area (Å²) in [4.78, 5) is 13.8. The Labute approximate surface area is 162 Å². The van der Waals surface area contributed by atoms with E-state index in [2.05, 4.69) is 18.8 Å². The standard InChI is InChI=1S/C18H22Cl3NO3/c1-3-10(2)5-4-7-18(21)8-6-13(23)14(16(18)25)15(24)12-9-11(19)17(20)22-12/h6,8-10,16,22,24-25H,3-5,7H2,1-2H3. The number of hydrogen-bond acceptors (Lipinski definition) is 3. The molecule has 3 atom stereocenters. The molecule has 0 spiro atoms. The number of aliphatic hydroxyl groups is 2. The van der Waals surface area contributed by atoms with E-state index in [0.717, 1.165) is 19.3 Å². The van der Waals surface area contributed by atoms with Gasteiger partial charge in [-0.05, 0) is 24.5 Å². The van der Waals surface area contributed by atoms with E-state index in [9.17, 15) is 15.0 Å². The van der Waals surface area contributed by atoms with Gasteiger partial charge in [-0.2, -0.15) is 0 Å². The lowest BCUT2D eigenvalue weighted by molar-refractivity contribution is -0.112. The summed E-state index contributed by atoms with van der Waals surface area (Å²) >= 11 is 18.3. The summed E-state index contributed by atoms with van der Waals surface area (Å²) in [5.74, 6) is -0.328. The number of carbonyl (C=O) groups excluding carboxylic acids is 1. The van der Waals surface area contributed by atoms with Gasteiger partial charge in [-0.15, -0.1) is 11.6 Å². The molecule has 1 aliphatic carbocycles. The summed E-state index contributed by atoms with van der Waals surface area (Å²) in [5, 5.41) is 21.5. The number of halogens is 3. The first-order chi connectivity index (χ1) is 11.7. The number of H-pyrrole nitrogens is 1. The van der Waals surface area contributed by atoms with Crippen molar-refractivity contribution in [1.29, 1.82) is 0 Å². The van der Waals surface area contributed by atoms with Crippen molar-refractivity contribution in [1.82, 2.24) is 4.98 Å². The average Bonchev–Trinajstić information content (AvgIpc) is 2.91. The van der Waals surface area contributed by atoms with Gasteiger partial charge in [0.25, 0.3) is 0 Å². The Morgan fingerprint density at radius 1 is 1.44 bits per heavy atom. The van der Waals surface area contributed by atoms with Crippen molar-refractivity contribution < 1.29 is 15.0 Å². The minimum Gasteiger partial charge on any atom is -0.505 e. The Morgan fingerprint density at radius 3 is 2.68 bits per heavy atom. The molecule has 0 amide bonds. The van der Waals surface area contributed by atoms with Gasteiger partial charge in [0, 0.05) is 0 Å². The van der Waals surface area contributed by atoms with Crippen LogP contribution in [0.25, 0.3) is 5.76 Å². The number of nitrogens with one attached hydrogen (secondary N) is 1. The minimum atomic E-state index is -1.33. The van der Waals surface area contributed by atoms with Crippen LogP contribution in [0.1, 0.15) is 45.2 Å². The third kappa shape index (κ3) is 4.43.